The third-order valence-electron chi connectivity index (χ3n) is 5.42. The van der Waals surface area contributed by atoms with E-state index in [0.717, 1.165) is 21.8 Å². The van der Waals surface area contributed by atoms with Crippen LogP contribution in [0.1, 0.15) is 22.9 Å². The predicted octanol–water partition coefficient (Wildman–Crippen LogP) is 4.91. The monoisotopic (exact) mass is 473 g/mol. The summed E-state index contributed by atoms with van der Waals surface area (Å²) in [4.78, 5) is 29.2. The van der Waals surface area contributed by atoms with Gasteiger partial charge in [0.05, 0.1) is 4.88 Å². The van der Waals surface area contributed by atoms with Gasteiger partial charge >= 0.3 is 0 Å². The first-order valence-electron chi connectivity index (χ1n) is 11.2. The Morgan fingerprint density at radius 1 is 0.971 bits per heavy atom. The van der Waals surface area contributed by atoms with E-state index in [4.69, 9.17) is 4.74 Å². The Labute approximate surface area is 203 Å². The molecule has 6 nitrogen and oxygen atoms in total. The highest BCUT2D eigenvalue weighted by Crippen LogP contribution is 2.25. The number of benzene rings is 2. The number of carbonyl (C=O) groups is 1. The van der Waals surface area contributed by atoms with Crippen LogP contribution in [0.3, 0.4) is 0 Å². The van der Waals surface area contributed by atoms with Gasteiger partial charge in [-0.1, -0.05) is 42.5 Å². The van der Waals surface area contributed by atoms with Crippen LogP contribution in [0.5, 0.6) is 5.75 Å². The highest BCUT2D eigenvalue weighted by molar-refractivity contribution is 7.15. The average molecular weight is 474 g/mol. The van der Waals surface area contributed by atoms with E-state index in [-0.39, 0.29) is 18.0 Å². The zero-order valence-electron chi connectivity index (χ0n) is 19.3. The van der Waals surface area contributed by atoms with Gasteiger partial charge in [-0.2, -0.15) is 5.10 Å². The lowest BCUT2D eigenvalue weighted by Crippen LogP contribution is -2.36. The number of aromatic nitrogens is 2. The number of likely N-dealkylation sites (N-methyl/N-ethyl adjacent to an activating group) is 1. The molecule has 2 aromatic heterocycles. The molecule has 0 aliphatic heterocycles. The number of carbonyl (C=O) groups excluding carboxylic acids is 1. The predicted molar refractivity (Wildman–Crippen MR) is 135 cm³/mol. The number of aryl methyl sites for hydroxylation is 1. The molecule has 174 valence electrons. The van der Waals surface area contributed by atoms with E-state index in [1.165, 1.54) is 15.6 Å². The van der Waals surface area contributed by atoms with Crippen molar-refractivity contribution in [2.24, 2.45) is 0 Å². The van der Waals surface area contributed by atoms with Crippen LogP contribution in [0, 0.1) is 6.92 Å². The van der Waals surface area contributed by atoms with Gasteiger partial charge in [-0.15, -0.1) is 11.3 Å². The number of hydrogen-bond acceptors (Lipinski definition) is 5. The summed E-state index contributed by atoms with van der Waals surface area (Å²) in [5, 5.41) is 4.43. The van der Waals surface area contributed by atoms with E-state index in [1.54, 1.807) is 22.3 Å². The zero-order valence-corrected chi connectivity index (χ0v) is 20.1. The third kappa shape index (κ3) is 5.99. The van der Waals surface area contributed by atoms with Crippen LogP contribution in [0.25, 0.3) is 10.6 Å². The number of thiophene rings is 1. The fraction of sp³-hybridized carbons (Fsp3) is 0.222. The summed E-state index contributed by atoms with van der Waals surface area (Å²) in [5.74, 6) is 0.624. The van der Waals surface area contributed by atoms with Crippen LogP contribution in [-0.2, 0) is 24.5 Å². The van der Waals surface area contributed by atoms with Gasteiger partial charge in [0.2, 0.25) is 5.91 Å². The van der Waals surface area contributed by atoms with E-state index in [2.05, 4.69) is 5.10 Å². The zero-order chi connectivity index (χ0) is 23.9. The standard InChI is InChI=1S/C27H27N3O3S/c1-3-29(17-21-10-12-23(13-11-21)33-19-22-7-5-4-6-8-22)27(32)18-30-26(31)16-14-24(28-30)25-15-9-20(2)34-25/h4-16H,3,17-19H2,1-2H3. The molecule has 2 heterocycles. The molecule has 0 bridgehead atoms. The maximum atomic E-state index is 13.0. The van der Waals surface area contributed by atoms with Crippen LogP contribution in [0.2, 0.25) is 0 Å². The molecule has 0 saturated heterocycles. The molecule has 0 spiro atoms. The van der Waals surface area contributed by atoms with Crippen molar-refractivity contribution in [1.29, 1.82) is 0 Å². The lowest BCUT2D eigenvalue weighted by atomic mass is 10.2. The van der Waals surface area contributed by atoms with Crippen molar-refractivity contribution in [3.8, 4) is 16.3 Å². The topological polar surface area (TPSA) is 64.4 Å². The third-order valence-corrected chi connectivity index (χ3v) is 6.45. The number of hydrogen-bond donors (Lipinski definition) is 0. The quantitative estimate of drug-likeness (QED) is 0.347. The van der Waals surface area contributed by atoms with Gasteiger partial charge in [-0.25, -0.2) is 4.68 Å². The molecule has 2 aromatic carbocycles. The molecule has 0 aliphatic carbocycles. The van der Waals surface area contributed by atoms with Crippen molar-refractivity contribution >= 4 is 17.2 Å². The summed E-state index contributed by atoms with van der Waals surface area (Å²) >= 11 is 1.61. The van der Waals surface area contributed by atoms with E-state index >= 15 is 0 Å². The lowest BCUT2D eigenvalue weighted by Gasteiger charge is -2.21. The van der Waals surface area contributed by atoms with E-state index in [0.29, 0.717) is 25.4 Å². The van der Waals surface area contributed by atoms with Gasteiger partial charge in [0, 0.05) is 24.0 Å². The molecular formula is C27H27N3O3S. The Morgan fingerprint density at radius 3 is 2.41 bits per heavy atom. The fourth-order valence-corrected chi connectivity index (χ4v) is 4.36. The maximum absolute atomic E-state index is 13.0. The van der Waals surface area contributed by atoms with Crippen LogP contribution in [-0.4, -0.2) is 27.1 Å². The average Bonchev–Trinajstić information content (AvgIpc) is 3.30. The normalized spacial score (nSPS) is 10.8. The molecule has 0 radical (unpaired) electrons. The summed E-state index contributed by atoms with van der Waals surface area (Å²) in [6.45, 7) is 5.34. The minimum atomic E-state index is -0.290. The number of rotatable bonds is 9. The maximum Gasteiger partial charge on any atom is 0.267 e. The van der Waals surface area contributed by atoms with Gasteiger partial charge in [0.1, 0.15) is 24.6 Å². The van der Waals surface area contributed by atoms with Crippen molar-refractivity contribution in [3.05, 3.63) is 105 Å². The van der Waals surface area contributed by atoms with Gasteiger partial charge in [-0.05, 0) is 55.3 Å². The second-order valence-corrected chi connectivity index (χ2v) is 9.24. The first kappa shape index (κ1) is 23.4. The van der Waals surface area contributed by atoms with Crippen molar-refractivity contribution in [2.75, 3.05) is 6.54 Å². The Balaban J connectivity index is 1.39. The highest BCUT2D eigenvalue weighted by atomic mass is 32.1. The Bertz CT molecular complexity index is 1300. The lowest BCUT2D eigenvalue weighted by molar-refractivity contribution is -0.132. The molecule has 0 atom stereocenters. The van der Waals surface area contributed by atoms with Crippen molar-refractivity contribution in [3.63, 3.8) is 0 Å². The molecule has 0 aliphatic rings. The Morgan fingerprint density at radius 2 is 1.74 bits per heavy atom. The fourth-order valence-electron chi connectivity index (χ4n) is 3.52. The molecule has 7 heteroatoms. The minimum Gasteiger partial charge on any atom is -0.489 e. The Kier molecular flexibility index (Phi) is 7.54. The van der Waals surface area contributed by atoms with Gasteiger partial charge < -0.3 is 9.64 Å². The second kappa shape index (κ2) is 10.9. The summed E-state index contributed by atoms with van der Waals surface area (Å²) in [6.07, 6.45) is 0. The van der Waals surface area contributed by atoms with Gasteiger partial charge in [0.25, 0.3) is 5.56 Å². The number of ether oxygens (including phenoxy) is 1. The van der Waals surface area contributed by atoms with Crippen LogP contribution >= 0.6 is 11.3 Å². The van der Waals surface area contributed by atoms with Crippen LogP contribution < -0.4 is 10.3 Å². The largest absolute Gasteiger partial charge is 0.489 e. The SMILES string of the molecule is CCN(Cc1ccc(OCc2ccccc2)cc1)C(=O)Cn1nc(-c2ccc(C)s2)ccc1=O. The van der Waals surface area contributed by atoms with Crippen LogP contribution in [0.15, 0.2) is 83.7 Å². The first-order chi connectivity index (χ1) is 16.5. The van der Waals surface area contributed by atoms with Crippen molar-refractivity contribution in [1.82, 2.24) is 14.7 Å². The molecular weight excluding hydrogens is 446 g/mol. The van der Waals surface area contributed by atoms with E-state index in [1.807, 2.05) is 80.6 Å². The molecule has 0 fully saturated rings. The van der Waals surface area contributed by atoms with E-state index in [9.17, 15) is 9.59 Å². The Hall–Kier alpha value is -3.71. The highest BCUT2D eigenvalue weighted by Gasteiger charge is 2.15. The molecule has 0 N–H and O–H groups in total. The summed E-state index contributed by atoms with van der Waals surface area (Å²) < 4.78 is 7.09. The smallest absolute Gasteiger partial charge is 0.267 e. The summed E-state index contributed by atoms with van der Waals surface area (Å²) in [7, 11) is 0. The van der Waals surface area contributed by atoms with Crippen LogP contribution in [0.4, 0.5) is 0 Å². The molecule has 0 unspecified atom stereocenters. The molecule has 1 amide bonds. The molecule has 0 saturated carbocycles. The minimum absolute atomic E-state index is 0.0941. The molecule has 34 heavy (non-hydrogen) atoms. The van der Waals surface area contributed by atoms with E-state index < -0.39 is 0 Å². The van der Waals surface area contributed by atoms with Gasteiger partial charge in [-0.3, -0.25) is 9.59 Å². The molecule has 4 aromatic rings. The number of nitrogens with zero attached hydrogens (tertiary/aromatic N) is 3. The second-order valence-electron chi connectivity index (χ2n) is 7.95. The summed E-state index contributed by atoms with van der Waals surface area (Å²) in [5.41, 5.74) is 2.50. The van der Waals surface area contributed by atoms with Crippen molar-refractivity contribution < 1.29 is 9.53 Å². The van der Waals surface area contributed by atoms with Crippen molar-refractivity contribution in [2.45, 2.75) is 33.5 Å². The number of amides is 1. The molecule has 4 rings (SSSR count). The summed E-state index contributed by atoms with van der Waals surface area (Å²) in [6, 6.07) is 24.9. The first-order valence-corrected chi connectivity index (χ1v) is 12.0. The van der Waals surface area contributed by atoms with Gasteiger partial charge in [0.15, 0.2) is 0 Å².